The smallest absolute Gasteiger partial charge is 0.290 e. The number of carbonyl (C=O) groups is 1. The van der Waals surface area contributed by atoms with Gasteiger partial charge in [-0.15, -0.1) is 0 Å². The average molecular weight is 404 g/mol. The molecule has 0 unspecified atom stereocenters. The van der Waals surface area contributed by atoms with Gasteiger partial charge in [-0.05, 0) is 36.8 Å². The lowest BCUT2D eigenvalue weighted by molar-refractivity contribution is 0.0691. The number of carbonyl (C=O) groups excluding carboxylic acids is 1. The van der Waals surface area contributed by atoms with Crippen LogP contribution in [0.5, 0.6) is 0 Å². The number of β-amino-alcohol motifs (C(OH)–C–C–N with tert-alkyl or cyclic N) is 1. The van der Waals surface area contributed by atoms with Gasteiger partial charge in [0, 0.05) is 6.54 Å². The first-order valence-corrected chi connectivity index (χ1v) is 9.12. The van der Waals surface area contributed by atoms with Crippen LogP contribution < -0.4 is 5.43 Å². The predicted octanol–water partition coefficient (Wildman–Crippen LogP) is 3.95. The molecular formula is C20H15Cl2NO4. The van der Waals surface area contributed by atoms with Crippen molar-refractivity contribution in [3.8, 4) is 0 Å². The fourth-order valence-electron chi connectivity index (χ4n) is 3.50. The quantitative estimate of drug-likeness (QED) is 0.718. The highest BCUT2D eigenvalue weighted by atomic mass is 35.5. The van der Waals surface area contributed by atoms with Crippen LogP contribution in [0.2, 0.25) is 10.0 Å². The molecule has 1 aliphatic heterocycles. The number of fused-ring (bicyclic) bond motifs is 2. The van der Waals surface area contributed by atoms with E-state index in [0.29, 0.717) is 26.6 Å². The molecule has 2 aromatic carbocycles. The SMILES string of the molecule is Cc1ccc2oc3c(c(=O)c2c1)[C@@H](c1ccc(Cl)c(Cl)c1)N(CCO)C3=O. The average Bonchev–Trinajstić information content (AvgIpc) is 2.91. The molecule has 1 N–H and O–H groups in total. The topological polar surface area (TPSA) is 70.8 Å². The van der Waals surface area contributed by atoms with Crippen molar-refractivity contribution in [3.05, 3.63) is 79.1 Å². The monoisotopic (exact) mass is 403 g/mol. The van der Waals surface area contributed by atoms with Crippen molar-refractivity contribution >= 4 is 40.1 Å². The molecule has 3 aromatic rings. The molecular weight excluding hydrogens is 389 g/mol. The molecule has 0 bridgehead atoms. The maximum absolute atomic E-state index is 13.2. The lowest BCUT2D eigenvalue weighted by atomic mass is 9.98. The molecule has 0 fully saturated rings. The van der Waals surface area contributed by atoms with Crippen LogP contribution >= 0.6 is 23.2 Å². The minimum atomic E-state index is -0.699. The summed E-state index contributed by atoms with van der Waals surface area (Å²) in [4.78, 5) is 27.6. The lowest BCUT2D eigenvalue weighted by Crippen LogP contribution is -2.32. The number of halogens is 2. The number of rotatable bonds is 3. The Kier molecular flexibility index (Phi) is 4.46. The van der Waals surface area contributed by atoms with Crippen LogP contribution in [0.1, 0.15) is 33.3 Å². The van der Waals surface area contributed by atoms with Gasteiger partial charge in [0.15, 0.2) is 5.43 Å². The van der Waals surface area contributed by atoms with Crippen molar-refractivity contribution in [3.63, 3.8) is 0 Å². The Balaban J connectivity index is 2.02. The molecule has 0 spiro atoms. The summed E-state index contributed by atoms with van der Waals surface area (Å²) in [6.45, 7) is 1.69. The van der Waals surface area contributed by atoms with Gasteiger partial charge in [-0.3, -0.25) is 9.59 Å². The van der Waals surface area contributed by atoms with Crippen molar-refractivity contribution in [1.29, 1.82) is 0 Å². The zero-order chi connectivity index (χ0) is 19.3. The van der Waals surface area contributed by atoms with Crippen molar-refractivity contribution in [2.75, 3.05) is 13.2 Å². The van der Waals surface area contributed by atoms with E-state index in [2.05, 4.69) is 0 Å². The second-order valence-corrected chi connectivity index (χ2v) is 7.29. The standard InChI is InChI=1S/C20H15Cl2NO4/c1-10-2-5-15-12(8-10)18(25)16-17(11-3-4-13(21)14(22)9-11)23(6-7-24)20(26)19(16)27-15/h2-5,8-9,17,24H,6-7H2,1H3/t17-/m1/s1. The number of hydrogen-bond acceptors (Lipinski definition) is 4. The fraction of sp³-hybridized carbons (Fsp3) is 0.200. The van der Waals surface area contributed by atoms with Crippen molar-refractivity contribution in [1.82, 2.24) is 4.90 Å². The van der Waals surface area contributed by atoms with Gasteiger partial charge in [0.2, 0.25) is 5.76 Å². The molecule has 0 aliphatic carbocycles. The molecule has 0 radical (unpaired) electrons. The van der Waals surface area contributed by atoms with Crippen LogP contribution in [-0.2, 0) is 0 Å². The molecule has 1 amide bonds. The molecule has 27 heavy (non-hydrogen) atoms. The number of benzene rings is 2. The Labute approximate surface area is 164 Å². The first kappa shape index (κ1) is 18.0. The molecule has 5 nitrogen and oxygen atoms in total. The Bertz CT molecular complexity index is 1140. The summed E-state index contributed by atoms with van der Waals surface area (Å²) in [5.41, 5.74) is 1.89. The summed E-state index contributed by atoms with van der Waals surface area (Å²) in [5.74, 6) is -0.435. The Hall–Kier alpha value is -2.34. The van der Waals surface area contributed by atoms with Gasteiger partial charge in [-0.1, -0.05) is 40.9 Å². The van der Waals surface area contributed by atoms with E-state index in [1.807, 2.05) is 13.0 Å². The summed E-state index contributed by atoms with van der Waals surface area (Å²) in [6.07, 6.45) is 0. The third-order valence-electron chi connectivity index (χ3n) is 4.72. The van der Waals surface area contributed by atoms with Gasteiger partial charge in [-0.25, -0.2) is 0 Å². The summed E-state index contributed by atoms with van der Waals surface area (Å²) in [7, 11) is 0. The first-order valence-electron chi connectivity index (χ1n) is 8.36. The van der Waals surface area contributed by atoms with Crippen LogP contribution in [0.3, 0.4) is 0 Å². The lowest BCUT2D eigenvalue weighted by Gasteiger charge is -2.24. The summed E-state index contributed by atoms with van der Waals surface area (Å²) < 4.78 is 5.80. The molecule has 1 aliphatic rings. The largest absolute Gasteiger partial charge is 0.450 e. The molecule has 1 aromatic heterocycles. The maximum Gasteiger partial charge on any atom is 0.290 e. The minimum Gasteiger partial charge on any atom is -0.450 e. The predicted molar refractivity (Wildman–Crippen MR) is 104 cm³/mol. The van der Waals surface area contributed by atoms with E-state index in [1.54, 1.807) is 30.3 Å². The summed E-state index contributed by atoms with van der Waals surface area (Å²) in [6, 6.07) is 9.50. The maximum atomic E-state index is 13.2. The Morgan fingerprint density at radius 2 is 1.89 bits per heavy atom. The molecule has 1 atom stereocenters. The van der Waals surface area contributed by atoms with E-state index in [-0.39, 0.29) is 29.9 Å². The summed E-state index contributed by atoms with van der Waals surface area (Å²) >= 11 is 12.2. The van der Waals surface area contributed by atoms with Gasteiger partial charge in [0.25, 0.3) is 5.91 Å². The molecule has 0 saturated heterocycles. The van der Waals surface area contributed by atoms with Crippen LogP contribution in [0.4, 0.5) is 0 Å². The highest BCUT2D eigenvalue weighted by Gasteiger charge is 2.42. The van der Waals surface area contributed by atoms with E-state index in [9.17, 15) is 14.7 Å². The number of hydrogen-bond donors (Lipinski definition) is 1. The number of aliphatic hydroxyl groups is 1. The van der Waals surface area contributed by atoms with Crippen LogP contribution in [0.15, 0.2) is 45.6 Å². The van der Waals surface area contributed by atoms with Gasteiger partial charge in [0.05, 0.1) is 33.6 Å². The highest BCUT2D eigenvalue weighted by molar-refractivity contribution is 6.42. The molecule has 0 saturated carbocycles. The first-order chi connectivity index (χ1) is 12.9. The van der Waals surface area contributed by atoms with Crippen molar-refractivity contribution < 1.29 is 14.3 Å². The number of amides is 1. The Morgan fingerprint density at radius 3 is 2.59 bits per heavy atom. The van der Waals surface area contributed by atoms with Gasteiger partial charge >= 0.3 is 0 Å². The van der Waals surface area contributed by atoms with Crippen LogP contribution in [0, 0.1) is 6.92 Å². The van der Waals surface area contributed by atoms with E-state index in [4.69, 9.17) is 27.6 Å². The van der Waals surface area contributed by atoms with Crippen LogP contribution in [0.25, 0.3) is 11.0 Å². The van der Waals surface area contributed by atoms with Crippen molar-refractivity contribution in [2.24, 2.45) is 0 Å². The van der Waals surface area contributed by atoms with Gasteiger partial charge in [0.1, 0.15) is 5.58 Å². The minimum absolute atomic E-state index is 0.000811. The highest BCUT2D eigenvalue weighted by Crippen LogP contribution is 2.39. The Morgan fingerprint density at radius 1 is 1.11 bits per heavy atom. The van der Waals surface area contributed by atoms with Crippen LogP contribution in [-0.4, -0.2) is 29.1 Å². The second kappa shape index (κ2) is 6.68. The van der Waals surface area contributed by atoms with E-state index < -0.39 is 11.9 Å². The third kappa shape index (κ3) is 2.83. The van der Waals surface area contributed by atoms with Gasteiger partial charge < -0.3 is 14.4 Å². The molecule has 138 valence electrons. The van der Waals surface area contributed by atoms with E-state index in [1.165, 1.54) is 4.90 Å². The fourth-order valence-corrected chi connectivity index (χ4v) is 3.81. The van der Waals surface area contributed by atoms with E-state index in [0.717, 1.165) is 5.56 Å². The number of nitrogens with zero attached hydrogens (tertiary/aromatic N) is 1. The normalized spacial score (nSPS) is 16.2. The molecule has 2 heterocycles. The van der Waals surface area contributed by atoms with Gasteiger partial charge in [-0.2, -0.15) is 0 Å². The second-order valence-electron chi connectivity index (χ2n) is 6.47. The zero-order valence-corrected chi connectivity index (χ0v) is 15.8. The number of aliphatic hydroxyl groups excluding tert-OH is 1. The molecule has 7 heteroatoms. The number of aryl methyl sites for hydroxylation is 1. The van der Waals surface area contributed by atoms with Crippen molar-refractivity contribution in [2.45, 2.75) is 13.0 Å². The van der Waals surface area contributed by atoms with E-state index >= 15 is 0 Å². The zero-order valence-electron chi connectivity index (χ0n) is 14.3. The third-order valence-corrected chi connectivity index (χ3v) is 5.46. The summed E-state index contributed by atoms with van der Waals surface area (Å²) in [5, 5.41) is 10.5. The molecule has 4 rings (SSSR count).